The zero-order chi connectivity index (χ0) is 39.7. The minimum absolute atomic E-state index is 0.133. The van der Waals surface area contributed by atoms with Crippen molar-refractivity contribution in [2.24, 2.45) is 17.8 Å². The van der Waals surface area contributed by atoms with Crippen molar-refractivity contribution in [3.05, 3.63) is 0 Å². The molecule has 52 heavy (non-hydrogen) atoms. The van der Waals surface area contributed by atoms with Gasteiger partial charge < -0.3 is 63.8 Å². The number of hydrogen-bond donors (Lipinski definition) is 5. The molecular weight excluding hydrogens is 676 g/mol. The van der Waals surface area contributed by atoms with Crippen molar-refractivity contribution in [3.63, 3.8) is 0 Å². The molecule has 18 atom stereocenters. The van der Waals surface area contributed by atoms with E-state index in [4.69, 9.17) is 28.4 Å². The van der Waals surface area contributed by atoms with E-state index in [0.717, 1.165) is 0 Å². The second kappa shape index (κ2) is 17.8. The fourth-order valence-electron chi connectivity index (χ4n) is 8.74. The van der Waals surface area contributed by atoms with Gasteiger partial charge in [-0.15, -0.1) is 0 Å². The van der Waals surface area contributed by atoms with Gasteiger partial charge in [-0.05, 0) is 94.8 Å². The van der Waals surface area contributed by atoms with Crippen LogP contribution in [0, 0.1) is 17.8 Å². The zero-order valence-electron chi connectivity index (χ0n) is 34.2. The first kappa shape index (κ1) is 45.4. The lowest BCUT2D eigenvalue weighted by Gasteiger charge is -2.48. The largest absolute Gasteiger partial charge is 0.459 e. The number of nitrogens with zero attached hydrogens (tertiary/aromatic N) is 2. The van der Waals surface area contributed by atoms with E-state index in [9.17, 15) is 30.3 Å². The van der Waals surface area contributed by atoms with Crippen LogP contribution in [0.2, 0.25) is 0 Å². The van der Waals surface area contributed by atoms with E-state index in [0.29, 0.717) is 13.0 Å². The third-order valence-corrected chi connectivity index (χ3v) is 12.2. The van der Waals surface area contributed by atoms with Gasteiger partial charge in [0.25, 0.3) is 0 Å². The Bertz CT molecular complexity index is 1140. The molecule has 5 N–H and O–H groups in total. The highest BCUT2D eigenvalue weighted by molar-refractivity contribution is 5.73. The van der Waals surface area contributed by atoms with Gasteiger partial charge in [0.15, 0.2) is 12.6 Å². The Morgan fingerprint density at radius 1 is 0.942 bits per heavy atom. The van der Waals surface area contributed by atoms with Crippen molar-refractivity contribution in [2.75, 3.05) is 34.8 Å². The minimum atomic E-state index is -1.80. The van der Waals surface area contributed by atoms with Crippen LogP contribution in [-0.2, 0) is 33.2 Å². The van der Waals surface area contributed by atoms with Crippen LogP contribution in [0.4, 0.5) is 0 Å². The maximum absolute atomic E-state index is 14.2. The summed E-state index contributed by atoms with van der Waals surface area (Å²) >= 11 is 0. The van der Waals surface area contributed by atoms with Crippen molar-refractivity contribution in [1.82, 2.24) is 9.80 Å². The molecule has 3 saturated heterocycles. The summed E-state index contributed by atoms with van der Waals surface area (Å²) in [6.07, 6.45) is -8.19. The van der Waals surface area contributed by atoms with E-state index in [1.54, 1.807) is 41.5 Å². The highest BCUT2D eigenvalue weighted by Crippen LogP contribution is 2.40. The van der Waals surface area contributed by atoms with Gasteiger partial charge in [-0.3, -0.25) is 4.79 Å². The van der Waals surface area contributed by atoms with Crippen LogP contribution in [-0.4, -0.2) is 166 Å². The van der Waals surface area contributed by atoms with Gasteiger partial charge in [0.05, 0.1) is 41.5 Å². The molecule has 0 aromatic rings. The number of ether oxygens (including phenoxy) is 6. The summed E-state index contributed by atoms with van der Waals surface area (Å²) in [5, 5.41) is 58.1. The Hall–Kier alpha value is -1.01. The van der Waals surface area contributed by atoms with Gasteiger partial charge in [-0.2, -0.15) is 0 Å². The lowest BCUT2D eigenvalue weighted by Crippen LogP contribution is -2.60. The van der Waals surface area contributed by atoms with Gasteiger partial charge >= 0.3 is 5.97 Å². The lowest BCUT2D eigenvalue weighted by atomic mass is 9.77. The second-order valence-electron chi connectivity index (χ2n) is 17.2. The number of hydrogen-bond acceptors (Lipinski definition) is 14. The first-order chi connectivity index (χ1) is 23.9. The second-order valence-corrected chi connectivity index (χ2v) is 17.2. The Morgan fingerprint density at radius 3 is 2.12 bits per heavy atom. The molecule has 3 heterocycles. The van der Waals surface area contributed by atoms with Gasteiger partial charge in [0.2, 0.25) is 0 Å². The smallest absolute Gasteiger partial charge is 0.311 e. The van der Waals surface area contributed by atoms with Gasteiger partial charge in [-0.1, -0.05) is 20.8 Å². The van der Waals surface area contributed by atoms with Crippen molar-refractivity contribution in [3.8, 4) is 0 Å². The van der Waals surface area contributed by atoms with Gasteiger partial charge in [-0.25, -0.2) is 0 Å². The van der Waals surface area contributed by atoms with Crippen LogP contribution in [0.5, 0.6) is 0 Å². The summed E-state index contributed by atoms with van der Waals surface area (Å²) in [7, 11) is 7.12. The van der Waals surface area contributed by atoms with E-state index in [2.05, 4.69) is 0 Å². The molecule has 0 saturated carbocycles. The number of rotatable bonds is 7. The monoisotopic (exact) mass is 749 g/mol. The molecule has 0 bridgehead atoms. The highest BCUT2D eigenvalue weighted by Gasteiger charge is 2.52. The van der Waals surface area contributed by atoms with E-state index in [-0.39, 0.29) is 37.3 Å². The Kier molecular flexibility index (Phi) is 15.6. The summed E-state index contributed by atoms with van der Waals surface area (Å²) in [6, 6.07) is -0.808. The van der Waals surface area contributed by atoms with Crippen LogP contribution >= 0.6 is 0 Å². The third kappa shape index (κ3) is 10.0. The molecule has 0 aromatic heterocycles. The molecule has 0 radical (unpaired) electrons. The molecule has 0 spiro atoms. The number of likely N-dealkylation sites (N-methyl/N-ethyl adjacent to an activating group) is 2. The molecule has 3 aliphatic heterocycles. The summed E-state index contributed by atoms with van der Waals surface area (Å²) in [5.74, 6) is -2.58. The number of aliphatic hydroxyl groups is 5. The molecule has 3 rings (SSSR count). The van der Waals surface area contributed by atoms with Crippen molar-refractivity contribution < 1.29 is 58.7 Å². The SMILES string of the molecule is CC[C@H]1OC(=O)[C@H](C)[C@@H](O[C@H]2C[C@@](C)(OC)[C@@H](O)[C@H](C)O2)[C@H](C)C(O[C@@H]2O[C@H](C)C[C@H](N(C)C)[C@H]2O)[C@](C)(O)C[C@@H](C)CN(C)C(C)[C@@H](O)[C@]1(C)O. The van der Waals surface area contributed by atoms with Crippen LogP contribution in [0.15, 0.2) is 0 Å². The van der Waals surface area contributed by atoms with Crippen LogP contribution < -0.4 is 0 Å². The summed E-state index contributed by atoms with van der Waals surface area (Å²) < 4.78 is 37.5. The minimum Gasteiger partial charge on any atom is -0.459 e. The molecule has 14 nitrogen and oxygen atoms in total. The molecule has 3 fully saturated rings. The molecular formula is C38H72N2O12. The number of carbonyl (C=O) groups is 1. The summed E-state index contributed by atoms with van der Waals surface area (Å²) in [5.41, 5.74) is -4.37. The average molecular weight is 749 g/mol. The maximum atomic E-state index is 14.2. The van der Waals surface area contributed by atoms with E-state index in [1.807, 2.05) is 51.7 Å². The average Bonchev–Trinajstić information content (AvgIpc) is 3.05. The Balaban J connectivity index is 2.17. The lowest BCUT2D eigenvalue weighted by molar-refractivity contribution is -0.318. The quantitative estimate of drug-likeness (QED) is 0.238. The fraction of sp³-hybridized carbons (Fsp3) is 0.974. The zero-order valence-corrected chi connectivity index (χ0v) is 34.2. The summed E-state index contributed by atoms with van der Waals surface area (Å²) in [6.45, 7) is 18.0. The molecule has 14 heteroatoms. The number of aliphatic hydroxyl groups excluding tert-OH is 3. The third-order valence-electron chi connectivity index (χ3n) is 12.2. The van der Waals surface area contributed by atoms with Crippen LogP contribution in [0.25, 0.3) is 0 Å². The molecule has 0 aromatic carbocycles. The predicted octanol–water partition coefficient (Wildman–Crippen LogP) is 1.90. The molecule has 306 valence electrons. The van der Waals surface area contributed by atoms with E-state index < -0.39 is 96.0 Å². The Morgan fingerprint density at radius 2 is 1.56 bits per heavy atom. The topological polar surface area (TPSA) is 180 Å². The normalized spacial score (nSPS) is 49.6. The molecule has 2 unspecified atom stereocenters. The number of esters is 1. The van der Waals surface area contributed by atoms with E-state index >= 15 is 0 Å². The molecule has 0 aliphatic carbocycles. The number of methoxy groups -OCH3 is 1. The van der Waals surface area contributed by atoms with Crippen molar-refractivity contribution in [1.29, 1.82) is 0 Å². The first-order valence-corrected chi connectivity index (χ1v) is 19.1. The fourth-order valence-corrected chi connectivity index (χ4v) is 8.74. The highest BCUT2D eigenvalue weighted by atomic mass is 16.7. The number of cyclic esters (lactones) is 1. The van der Waals surface area contributed by atoms with E-state index in [1.165, 1.54) is 14.0 Å². The summed E-state index contributed by atoms with van der Waals surface area (Å²) in [4.78, 5) is 18.0. The Labute approximate surface area is 312 Å². The maximum Gasteiger partial charge on any atom is 0.311 e. The van der Waals surface area contributed by atoms with Crippen molar-refractivity contribution >= 4 is 5.97 Å². The number of carbonyl (C=O) groups excluding carboxylic acids is 1. The van der Waals surface area contributed by atoms with Crippen molar-refractivity contribution in [2.45, 2.75) is 185 Å². The molecule has 0 amide bonds. The van der Waals surface area contributed by atoms with Crippen LogP contribution in [0.3, 0.4) is 0 Å². The van der Waals surface area contributed by atoms with Gasteiger partial charge in [0, 0.05) is 38.1 Å². The standard InChI is InChI=1S/C38H72N2O12/c1-15-27-38(10,46)31(42)24(6)40(13)19-20(2)17-36(8,45)33(52-35-29(41)26(39(11)12)16-21(3)48-35)22(4)30(23(5)34(44)50-27)51-28-18-37(9,47-14)32(43)25(7)49-28/h20-33,35,41-43,45-46H,15-19H2,1-14H3/t20-,21-,22+,23-,24?,25+,26+,27-,28+,29-,30+,31-,32+,33?,35+,36-,37-,38-/m1/s1. The molecule has 3 aliphatic rings. The first-order valence-electron chi connectivity index (χ1n) is 19.1. The van der Waals surface area contributed by atoms with Crippen LogP contribution in [0.1, 0.15) is 94.9 Å². The predicted molar refractivity (Wildman–Crippen MR) is 194 cm³/mol. The van der Waals surface area contributed by atoms with Gasteiger partial charge in [0.1, 0.15) is 30.0 Å².